The van der Waals surface area contributed by atoms with E-state index in [1.54, 1.807) is 13.1 Å². The van der Waals surface area contributed by atoms with E-state index in [-0.39, 0.29) is 6.54 Å². The van der Waals surface area contributed by atoms with E-state index in [0.29, 0.717) is 11.2 Å². The van der Waals surface area contributed by atoms with Crippen LogP contribution < -0.4 is 5.46 Å². The lowest BCUT2D eigenvalue weighted by Crippen LogP contribution is -2.41. The van der Waals surface area contributed by atoms with E-state index in [1.165, 1.54) is 4.68 Å². The van der Waals surface area contributed by atoms with Gasteiger partial charge in [-0.2, -0.15) is 18.3 Å². The molecule has 0 bridgehead atoms. The van der Waals surface area contributed by atoms with Crippen LogP contribution in [0.25, 0.3) is 0 Å². The molecule has 130 valence electrons. The van der Waals surface area contributed by atoms with Crippen molar-refractivity contribution in [3.8, 4) is 0 Å². The highest BCUT2D eigenvalue weighted by atomic mass is 19.4. The molecule has 2 heterocycles. The van der Waals surface area contributed by atoms with E-state index in [2.05, 4.69) is 5.10 Å². The van der Waals surface area contributed by atoms with E-state index in [4.69, 9.17) is 9.31 Å². The molecule has 1 aromatic heterocycles. The van der Waals surface area contributed by atoms with E-state index < -0.39 is 37.0 Å². The molecule has 1 atom stereocenters. The number of hydrogen-bond donors (Lipinski definition) is 1. The Morgan fingerprint density at radius 2 is 1.78 bits per heavy atom. The molecule has 0 spiro atoms. The molecule has 1 aliphatic rings. The van der Waals surface area contributed by atoms with Crippen molar-refractivity contribution in [3.05, 3.63) is 11.9 Å². The summed E-state index contributed by atoms with van der Waals surface area (Å²) in [6.07, 6.45) is -5.65. The van der Waals surface area contributed by atoms with Gasteiger partial charge in [-0.05, 0) is 34.6 Å². The molecule has 0 amide bonds. The van der Waals surface area contributed by atoms with Gasteiger partial charge < -0.3 is 14.4 Å². The number of aryl methyl sites for hydroxylation is 1. The summed E-state index contributed by atoms with van der Waals surface area (Å²) in [7, 11) is -0.631. The molecule has 5 nitrogen and oxygen atoms in total. The first-order valence-corrected chi connectivity index (χ1v) is 7.45. The Morgan fingerprint density at radius 3 is 2.26 bits per heavy atom. The second-order valence-electron chi connectivity index (χ2n) is 6.95. The lowest BCUT2D eigenvalue weighted by Gasteiger charge is -2.32. The third-order valence-electron chi connectivity index (χ3n) is 4.36. The minimum Gasteiger partial charge on any atom is -0.399 e. The number of rotatable bonds is 4. The Balaban J connectivity index is 2.11. The lowest BCUT2D eigenvalue weighted by molar-refractivity contribution is -0.154. The third-order valence-corrected chi connectivity index (χ3v) is 4.36. The molecular weight excluding hydrogens is 312 g/mol. The Kier molecular flexibility index (Phi) is 4.60. The summed E-state index contributed by atoms with van der Waals surface area (Å²) in [4.78, 5) is 0. The van der Waals surface area contributed by atoms with Gasteiger partial charge in [-0.3, -0.25) is 4.68 Å². The summed E-state index contributed by atoms with van der Waals surface area (Å²) < 4.78 is 50.0. The zero-order valence-electron chi connectivity index (χ0n) is 13.9. The summed E-state index contributed by atoms with van der Waals surface area (Å²) in [5.41, 5.74) is 0.231. The maximum Gasteiger partial charge on any atom is 0.498 e. The van der Waals surface area contributed by atoms with Gasteiger partial charge in [-0.15, -0.1) is 0 Å². The van der Waals surface area contributed by atoms with E-state index in [1.807, 2.05) is 27.7 Å². The average Bonchev–Trinajstić information content (AvgIpc) is 2.74. The molecule has 1 fully saturated rings. The minimum atomic E-state index is -4.41. The topological polar surface area (TPSA) is 56.5 Å². The summed E-state index contributed by atoms with van der Waals surface area (Å²) in [5.74, 6) is 0. The highest BCUT2D eigenvalue weighted by Crippen LogP contribution is 2.36. The minimum absolute atomic E-state index is 0.236. The molecule has 1 aliphatic heterocycles. The largest absolute Gasteiger partial charge is 0.498 e. The number of aliphatic hydroxyl groups is 1. The van der Waals surface area contributed by atoms with Gasteiger partial charge in [0.25, 0.3) is 0 Å². The lowest BCUT2D eigenvalue weighted by atomic mass is 9.79. The molecule has 0 aromatic carbocycles. The van der Waals surface area contributed by atoms with Crippen molar-refractivity contribution in [2.45, 2.75) is 71.1 Å². The molecule has 0 saturated carbocycles. The second kappa shape index (κ2) is 5.79. The SMILES string of the molecule is Cc1nn(CC(O)CC(F)(F)F)cc1B1OC(C)(C)C(C)(C)O1. The Morgan fingerprint density at radius 1 is 1.26 bits per heavy atom. The Hall–Kier alpha value is -1.06. The molecule has 23 heavy (non-hydrogen) atoms. The van der Waals surface area contributed by atoms with Crippen molar-refractivity contribution in [2.75, 3.05) is 0 Å². The number of aromatic nitrogens is 2. The zero-order chi connectivity index (χ0) is 17.6. The van der Waals surface area contributed by atoms with Crippen molar-refractivity contribution in [1.82, 2.24) is 9.78 Å². The predicted molar refractivity (Wildman–Crippen MR) is 79.4 cm³/mol. The smallest absolute Gasteiger partial charge is 0.399 e. The normalized spacial score (nSPS) is 21.7. The summed E-state index contributed by atoms with van der Waals surface area (Å²) in [5, 5.41) is 13.7. The van der Waals surface area contributed by atoms with Crippen LogP contribution in [0.3, 0.4) is 0 Å². The Bertz CT molecular complexity index is 556. The number of aliphatic hydroxyl groups excluding tert-OH is 1. The molecule has 0 radical (unpaired) electrons. The van der Waals surface area contributed by atoms with Crippen molar-refractivity contribution < 1.29 is 27.6 Å². The maximum atomic E-state index is 12.3. The van der Waals surface area contributed by atoms with Crippen molar-refractivity contribution in [2.24, 2.45) is 0 Å². The van der Waals surface area contributed by atoms with E-state index in [9.17, 15) is 18.3 Å². The highest BCUT2D eigenvalue weighted by molar-refractivity contribution is 6.62. The van der Waals surface area contributed by atoms with Crippen LogP contribution in [0, 0.1) is 6.92 Å². The predicted octanol–water partition coefficient (Wildman–Crippen LogP) is 1.80. The molecular formula is C14H22BF3N2O3. The molecule has 9 heteroatoms. The third kappa shape index (κ3) is 4.08. The van der Waals surface area contributed by atoms with Gasteiger partial charge >= 0.3 is 13.3 Å². The fourth-order valence-corrected chi connectivity index (χ4v) is 2.38. The van der Waals surface area contributed by atoms with Crippen LogP contribution in [-0.2, 0) is 15.9 Å². The Labute approximate surface area is 133 Å². The van der Waals surface area contributed by atoms with E-state index in [0.717, 1.165) is 0 Å². The van der Waals surface area contributed by atoms with Gasteiger partial charge in [-0.25, -0.2) is 0 Å². The monoisotopic (exact) mass is 334 g/mol. The standard InChI is InChI=1S/C14H22BF3N2O3/c1-9-11(15-22-12(2,3)13(4,5)23-15)8-20(19-9)7-10(21)6-14(16,17)18/h8,10,21H,6-7H2,1-5H3. The second-order valence-corrected chi connectivity index (χ2v) is 6.95. The van der Waals surface area contributed by atoms with Crippen LogP contribution in [-0.4, -0.2) is 45.5 Å². The molecule has 2 rings (SSSR count). The van der Waals surface area contributed by atoms with Gasteiger partial charge in [0.1, 0.15) is 0 Å². The van der Waals surface area contributed by atoms with E-state index >= 15 is 0 Å². The number of halogens is 3. The van der Waals surface area contributed by atoms with Gasteiger partial charge in [0.2, 0.25) is 0 Å². The van der Waals surface area contributed by atoms with Gasteiger partial charge in [0.15, 0.2) is 0 Å². The van der Waals surface area contributed by atoms with Gasteiger partial charge in [0.05, 0.1) is 36.0 Å². The van der Waals surface area contributed by atoms with Crippen LogP contribution in [0.2, 0.25) is 0 Å². The van der Waals surface area contributed by atoms with Crippen LogP contribution in [0.4, 0.5) is 13.2 Å². The van der Waals surface area contributed by atoms with Crippen molar-refractivity contribution >= 4 is 12.6 Å². The number of nitrogens with zero attached hydrogens (tertiary/aromatic N) is 2. The summed E-state index contributed by atoms with van der Waals surface area (Å²) in [6.45, 7) is 9.16. The summed E-state index contributed by atoms with van der Waals surface area (Å²) >= 11 is 0. The van der Waals surface area contributed by atoms with Gasteiger partial charge in [-0.1, -0.05) is 0 Å². The van der Waals surface area contributed by atoms with Crippen molar-refractivity contribution in [1.29, 1.82) is 0 Å². The molecule has 1 aromatic rings. The van der Waals surface area contributed by atoms with Crippen molar-refractivity contribution in [3.63, 3.8) is 0 Å². The first-order chi connectivity index (χ1) is 10.3. The van der Waals surface area contributed by atoms with Crippen LogP contribution in [0.5, 0.6) is 0 Å². The van der Waals surface area contributed by atoms with Gasteiger partial charge in [0, 0.05) is 11.7 Å². The van der Waals surface area contributed by atoms with Crippen LogP contribution in [0.15, 0.2) is 6.20 Å². The highest BCUT2D eigenvalue weighted by Gasteiger charge is 2.52. The van der Waals surface area contributed by atoms with Crippen LogP contribution in [0.1, 0.15) is 39.8 Å². The first kappa shape index (κ1) is 18.3. The fourth-order valence-electron chi connectivity index (χ4n) is 2.38. The van der Waals surface area contributed by atoms with Crippen LogP contribution >= 0.6 is 0 Å². The average molecular weight is 334 g/mol. The molecule has 0 aliphatic carbocycles. The zero-order valence-corrected chi connectivity index (χ0v) is 13.9. The maximum absolute atomic E-state index is 12.3. The molecule has 1 unspecified atom stereocenters. The number of hydrogen-bond acceptors (Lipinski definition) is 4. The molecule has 1 N–H and O–H groups in total. The summed E-state index contributed by atoms with van der Waals surface area (Å²) in [6, 6.07) is 0. The quantitative estimate of drug-likeness (QED) is 0.854. The fraction of sp³-hybridized carbons (Fsp3) is 0.786. The number of alkyl halides is 3. The first-order valence-electron chi connectivity index (χ1n) is 7.45. The molecule has 1 saturated heterocycles.